The molecule has 0 bridgehead atoms. The summed E-state index contributed by atoms with van der Waals surface area (Å²) in [6.07, 6.45) is 4.72. The minimum Gasteiger partial charge on any atom is -0.356 e. The van der Waals surface area contributed by atoms with Crippen LogP contribution in [0.25, 0.3) is 0 Å². The monoisotopic (exact) mass is 267 g/mol. The molecule has 1 aliphatic carbocycles. The Balaban J connectivity index is 1.65. The molecule has 1 fully saturated rings. The first kappa shape index (κ1) is 13.5. The van der Waals surface area contributed by atoms with Crippen LogP contribution in [0.3, 0.4) is 0 Å². The summed E-state index contributed by atoms with van der Waals surface area (Å²) in [5, 5.41) is 6.09. The summed E-state index contributed by atoms with van der Waals surface area (Å²) >= 11 is 1.65. The highest BCUT2D eigenvalue weighted by Gasteiger charge is 2.25. The van der Waals surface area contributed by atoms with E-state index in [1.807, 2.05) is 12.3 Å². The molecule has 0 aliphatic heterocycles. The number of nitrogens with two attached hydrogens (primary N) is 1. The minimum atomic E-state index is 0.129. The van der Waals surface area contributed by atoms with E-state index in [4.69, 9.17) is 5.73 Å². The van der Waals surface area contributed by atoms with Gasteiger partial charge >= 0.3 is 0 Å². The van der Waals surface area contributed by atoms with Crippen molar-refractivity contribution >= 4 is 17.2 Å². The van der Waals surface area contributed by atoms with Crippen molar-refractivity contribution in [3.8, 4) is 0 Å². The first-order chi connectivity index (χ1) is 8.65. The van der Waals surface area contributed by atoms with Crippen molar-refractivity contribution in [3.05, 3.63) is 16.1 Å². The lowest BCUT2D eigenvalue weighted by atomic mass is 10.00. The second-order valence-electron chi connectivity index (χ2n) is 5.02. The number of nitrogens with zero attached hydrogens (tertiary/aromatic N) is 1. The van der Waals surface area contributed by atoms with Gasteiger partial charge in [0.1, 0.15) is 0 Å². The second-order valence-corrected chi connectivity index (χ2v) is 6.08. The molecule has 5 heteroatoms. The maximum atomic E-state index is 11.8. The summed E-state index contributed by atoms with van der Waals surface area (Å²) in [4.78, 5) is 16.1. The molecule has 100 valence electrons. The molecule has 0 saturated heterocycles. The lowest BCUT2D eigenvalue weighted by Gasteiger charge is -2.14. The number of aryl methyl sites for hydroxylation is 1. The van der Waals surface area contributed by atoms with Crippen LogP contribution in [-0.2, 0) is 11.2 Å². The number of thiazole rings is 1. The number of aromatic nitrogens is 1. The highest BCUT2D eigenvalue weighted by molar-refractivity contribution is 7.09. The van der Waals surface area contributed by atoms with Gasteiger partial charge in [-0.05, 0) is 25.7 Å². The quantitative estimate of drug-likeness (QED) is 0.852. The van der Waals surface area contributed by atoms with Crippen LogP contribution in [0.5, 0.6) is 0 Å². The number of hydrogen-bond donors (Lipinski definition) is 2. The summed E-state index contributed by atoms with van der Waals surface area (Å²) in [5.74, 6) is 0.510. The predicted molar refractivity (Wildman–Crippen MR) is 73.5 cm³/mol. The van der Waals surface area contributed by atoms with E-state index >= 15 is 0 Å². The van der Waals surface area contributed by atoms with Crippen LogP contribution in [0.4, 0.5) is 0 Å². The zero-order valence-corrected chi connectivity index (χ0v) is 11.6. The number of carbonyl (C=O) groups is 1. The van der Waals surface area contributed by atoms with Crippen molar-refractivity contribution < 1.29 is 4.79 Å². The maximum Gasteiger partial charge on any atom is 0.220 e. The van der Waals surface area contributed by atoms with Gasteiger partial charge in [-0.3, -0.25) is 4.79 Å². The highest BCUT2D eigenvalue weighted by atomic mass is 32.1. The fourth-order valence-electron chi connectivity index (χ4n) is 2.48. The molecule has 0 unspecified atom stereocenters. The molecule has 0 aromatic carbocycles. The van der Waals surface area contributed by atoms with Gasteiger partial charge in [-0.2, -0.15) is 0 Å². The van der Waals surface area contributed by atoms with E-state index in [1.165, 1.54) is 0 Å². The zero-order chi connectivity index (χ0) is 13.0. The van der Waals surface area contributed by atoms with Crippen LogP contribution >= 0.6 is 11.3 Å². The van der Waals surface area contributed by atoms with E-state index in [1.54, 1.807) is 11.3 Å². The number of carbonyl (C=O) groups excluding carboxylic acids is 1. The van der Waals surface area contributed by atoms with Crippen molar-refractivity contribution in [3.63, 3.8) is 0 Å². The molecule has 0 spiro atoms. The molecule has 1 aromatic heterocycles. The molecule has 18 heavy (non-hydrogen) atoms. The Morgan fingerprint density at radius 1 is 1.61 bits per heavy atom. The van der Waals surface area contributed by atoms with Gasteiger partial charge in [0.2, 0.25) is 5.91 Å². The summed E-state index contributed by atoms with van der Waals surface area (Å²) in [6, 6.07) is 0.219. The van der Waals surface area contributed by atoms with Gasteiger partial charge in [0.05, 0.1) is 10.7 Å². The van der Waals surface area contributed by atoms with E-state index in [0.29, 0.717) is 18.9 Å². The van der Waals surface area contributed by atoms with E-state index in [2.05, 4.69) is 10.3 Å². The average molecular weight is 267 g/mol. The van der Waals surface area contributed by atoms with Gasteiger partial charge in [-0.1, -0.05) is 6.42 Å². The third-order valence-corrected chi connectivity index (χ3v) is 4.36. The molecule has 4 nitrogen and oxygen atoms in total. The molecular formula is C13H21N3OS. The van der Waals surface area contributed by atoms with E-state index in [0.717, 1.165) is 36.4 Å². The van der Waals surface area contributed by atoms with Crippen molar-refractivity contribution in [2.45, 2.75) is 45.1 Å². The van der Waals surface area contributed by atoms with Gasteiger partial charge < -0.3 is 11.1 Å². The number of hydrogen-bond acceptors (Lipinski definition) is 4. The van der Waals surface area contributed by atoms with Crippen LogP contribution in [0.1, 0.15) is 36.4 Å². The van der Waals surface area contributed by atoms with Crippen LogP contribution < -0.4 is 11.1 Å². The third kappa shape index (κ3) is 3.78. The van der Waals surface area contributed by atoms with Gasteiger partial charge in [0.15, 0.2) is 0 Å². The molecule has 1 aliphatic rings. The van der Waals surface area contributed by atoms with Crippen LogP contribution in [0.15, 0.2) is 5.38 Å². The Kier molecular flexibility index (Phi) is 4.72. The normalized spacial score (nSPS) is 23.2. The molecule has 1 amide bonds. The Labute approximate surface area is 112 Å². The van der Waals surface area contributed by atoms with Gasteiger partial charge in [-0.25, -0.2) is 4.98 Å². The van der Waals surface area contributed by atoms with Gasteiger partial charge in [0.25, 0.3) is 0 Å². The summed E-state index contributed by atoms with van der Waals surface area (Å²) in [7, 11) is 0. The summed E-state index contributed by atoms with van der Waals surface area (Å²) in [6.45, 7) is 2.66. The van der Waals surface area contributed by atoms with Gasteiger partial charge in [-0.15, -0.1) is 11.3 Å². The fraction of sp³-hybridized carbons (Fsp3) is 0.692. The van der Waals surface area contributed by atoms with Crippen LogP contribution in [-0.4, -0.2) is 23.5 Å². The molecule has 3 N–H and O–H groups in total. The van der Waals surface area contributed by atoms with E-state index < -0.39 is 0 Å². The van der Waals surface area contributed by atoms with Crippen LogP contribution in [0.2, 0.25) is 0 Å². The molecule has 1 heterocycles. The maximum absolute atomic E-state index is 11.8. The lowest BCUT2D eigenvalue weighted by Crippen LogP contribution is -2.32. The van der Waals surface area contributed by atoms with E-state index in [9.17, 15) is 4.79 Å². The van der Waals surface area contributed by atoms with Gasteiger partial charge in [0, 0.05) is 30.8 Å². The highest BCUT2D eigenvalue weighted by Crippen LogP contribution is 2.26. The first-order valence-corrected chi connectivity index (χ1v) is 7.46. The second kappa shape index (κ2) is 6.29. The zero-order valence-electron chi connectivity index (χ0n) is 10.8. The number of rotatable bonds is 5. The number of nitrogens with one attached hydrogen (secondary N) is 1. The van der Waals surface area contributed by atoms with Crippen molar-refractivity contribution in [2.24, 2.45) is 11.7 Å². The Morgan fingerprint density at radius 2 is 2.44 bits per heavy atom. The fourth-order valence-corrected chi connectivity index (χ4v) is 3.13. The third-order valence-electron chi connectivity index (χ3n) is 3.54. The standard InChI is InChI=1S/C13H21N3OS/c1-9-16-11(8-18-9)5-6-15-13(17)7-10-3-2-4-12(10)14/h8,10,12H,2-7,14H2,1H3,(H,15,17)/t10-,12+/m0/s1. The predicted octanol–water partition coefficient (Wildman–Crippen LogP) is 1.63. The minimum absolute atomic E-state index is 0.129. The number of amides is 1. The van der Waals surface area contributed by atoms with Crippen molar-refractivity contribution in [2.75, 3.05) is 6.54 Å². The Bertz CT molecular complexity index is 405. The SMILES string of the molecule is Cc1nc(CCNC(=O)C[C@@H]2CCC[C@H]2N)cs1. The molecule has 0 radical (unpaired) electrons. The summed E-state index contributed by atoms with van der Waals surface area (Å²) in [5.41, 5.74) is 7.03. The molecule has 2 atom stereocenters. The molecule has 1 aromatic rings. The molecule has 2 rings (SSSR count). The first-order valence-electron chi connectivity index (χ1n) is 6.58. The summed E-state index contributed by atoms with van der Waals surface area (Å²) < 4.78 is 0. The van der Waals surface area contributed by atoms with Crippen molar-refractivity contribution in [1.82, 2.24) is 10.3 Å². The average Bonchev–Trinajstić information content (AvgIpc) is 2.89. The smallest absolute Gasteiger partial charge is 0.220 e. The lowest BCUT2D eigenvalue weighted by molar-refractivity contribution is -0.122. The van der Waals surface area contributed by atoms with E-state index in [-0.39, 0.29) is 11.9 Å². The molecule has 1 saturated carbocycles. The molecular weight excluding hydrogens is 246 g/mol. The topological polar surface area (TPSA) is 68.0 Å². The Morgan fingerprint density at radius 3 is 3.06 bits per heavy atom. The van der Waals surface area contributed by atoms with Crippen molar-refractivity contribution in [1.29, 1.82) is 0 Å². The Hall–Kier alpha value is -0.940. The van der Waals surface area contributed by atoms with Crippen LogP contribution in [0, 0.1) is 12.8 Å². The largest absolute Gasteiger partial charge is 0.356 e.